The molecule has 2 aliphatic rings. The molecule has 0 aromatic carbocycles. The molecular formula is C14H27NO. The zero-order valence-electron chi connectivity index (χ0n) is 11.3. The molecule has 0 saturated heterocycles. The third-order valence-electron chi connectivity index (χ3n) is 5.64. The molecule has 2 rings (SSSR count). The second-order valence-corrected chi connectivity index (χ2v) is 6.31. The van der Waals surface area contributed by atoms with Crippen LogP contribution in [-0.2, 0) is 4.74 Å². The van der Waals surface area contributed by atoms with Crippen LogP contribution in [0, 0.1) is 16.7 Å². The predicted molar refractivity (Wildman–Crippen MR) is 67.5 cm³/mol. The summed E-state index contributed by atoms with van der Waals surface area (Å²) in [5.41, 5.74) is 1.03. The van der Waals surface area contributed by atoms with Crippen LogP contribution in [0.25, 0.3) is 0 Å². The van der Waals surface area contributed by atoms with Crippen LogP contribution < -0.4 is 5.32 Å². The van der Waals surface area contributed by atoms with Crippen molar-refractivity contribution in [1.82, 2.24) is 5.32 Å². The molecule has 2 nitrogen and oxygen atoms in total. The third kappa shape index (κ3) is 1.70. The maximum atomic E-state index is 5.40. The van der Waals surface area contributed by atoms with Crippen molar-refractivity contribution < 1.29 is 4.74 Å². The Bertz CT molecular complexity index is 251. The molecule has 1 N–H and O–H groups in total. The average molecular weight is 225 g/mol. The minimum Gasteiger partial charge on any atom is -0.380 e. The fourth-order valence-electron chi connectivity index (χ4n) is 3.96. The predicted octanol–water partition coefficient (Wildman–Crippen LogP) is 2.83. The maximum absolute atomic E-state index is 5.40. The number of rotatable bonds is 5. The first-order valence-electron chi connectivity index (χ1n) is 6.83. The smallest absolute Gasteiger partial charge is 0.0590 e. The molecule has 0 aliphatic heterocycles. The SMILES string of the molecule is CCOCCNC1CC2CC[C@]1(C)C2(C)C. The van der Waals surface area contributed by atoms with Crippen LogP contribution in [-0.4, -0.2) is 25.8 Å². The molecule has 2 unspecified atom stereocenters. The average Bonchev–Trinajstić information content (AvgIpc) is 2.57. The van der Waals surface area contributed by atoms with Crippen molar-refractivity contribution in [1.29, 1.82) is 0 Å². The van der Waals surface area contributed by atoms with Crippen LogP contribution in [0.3, 0.4) is 0 Å². The number of fused-ring (bicyclic) bond motifs is 2. The van der Waals surface area contributed by atoms with E-state index in [1.54, 1.807) is 0 Å². The van der Waals surface area contributed by atoms with Gasteiger partial charge < -0.3 is 10.1 Å². The summed E-state index contributed by atoms with van der Waals surface area (Å²) in [6.45, 7) is 12.2. The number of hydrogen-bond donors (Lipinski definition) is 1. The molecule has 0 radical (unpaired) electrons. The largest absolute Gasteiger partial charge is 0.380 e. The highest BCUT2D eigenvalue weighted by molar-refractivity contribution is 5.12. The number of nitrogens with one attached hydrogen (secondary N) is 1. The van der Waals surface area contributed by atoms with E-state index in [1.165, 1.54) is 19.3 Å². The molecule has 0 aromatic rings. The standard InChI is InChI=1S/C14H27NO/c1-5-16-9-8-15-12-10-11-6-7-14(12,4)13(11,2)3/h11-12,15H,5-10H2,1-4H3/t11?,12?,14-/m0/s1. The van der Waals surface area contributed by atoms with Crippen molar-refractivity contribution in [3.8, 4) is 0 Å². The van der Waals surface area contributed by atoms with Crippen molar-refractivity contribution >= 4 is 0 Å². The normalized spacial score (nSPS) is 40.5. The number of hydrogen-bond acceptors (Lipinski definition) is 2. The van der Waals surface area contributed by atoms with Gasteiger partial charge in [-0.15, -0.1) is 0 Å². The molecule has 0 spiro atoms. The first kappa shape index (κ1) is 12.4. The lowest BCUT2D eigenvalue weighted by molar-refractivity contribution is 0.106. The molecule has 2 fully saturated rings. The van der Waals surface area contributed by atoms with Gasteiger partial charge in [-0.05, 0) is 42.9 Å². The van der Waals surface area contributed by atoms with E-state index in [2.05, 4.69) is 33.0 Å². The van der Waals surface area contributed by atoms with Gasteiger partial charge in [0.25, 0.3) is 0 Å². The molecule has 2 heteroatoms. The van der Waals surface area contributed by atoms with Crippen LogP contribution >= 0.6 is 0 Å². The Morgan fingerprint density at radius 3 is 2.56 bits per heavy atom. The van der Waals surface area contributed by atoms with Gasteiger partial charge in [-0.1, -0.05) is 20.8 Å². The molecule has 2 saturated carbocycles. The summed E-state index contributed by atoms with van der Waals surface area (Å²) >= 11 is 0. The van der Waals surface area contributed by atoms with Crippen LogP contribution in [0.1, 0.15) is 47.0 Å². The van der Waals surface area contributed by atoms with E-state index >= 15 is 0 Å². The van der Waals surface area contributed by atoms with Gasteiger partial charge in [0.05, 0.1) is 6.61 Å². The Labute approximate surface area is 100 Å². The van der Waals surface area contributed by atoms with Crippen molar-refractivity contribution in [3.05, 3.63) is 0 Å². The van der Waals surface area contributed by atoms with Gasteiger partial charge in [-0.3, -0.25) is 0 Å². The third-order valence-corrected chi connectivity index (χ3v) is 5.64. The van der Waals surface area contributed by atoms with Crippen LogP contribution in [0.15, 0.2) is 0 Å². The molecule has 0 aromatic heterocycles. The van der Waals surface area contributed by atoms with E-state index in [9.17, 15) is 0 Å². The van der Waals surface area contributed by atoms with Gasteiger partial charge >= 0.3 is 0 Å². The summed E-state index contributed by atoms with van der Waals surface area (Å²) < 4.78 is 5.40. The van der Waals surface area contributed by atoms with E-state index in [0.717, 1.165) is 25.7 Å². The maximum Gasteiger partial charge on any atom is 0.0590 e. The highest BCUT2D eigenvalue weighted by Crippen LogP contribution is 2.65. The van der Waals surface area contributed by atoms with Crippen LogP contribution in [0.4, 0.5) is 0 Å². The van der Waals surface area contributed by atoms with E-state index in [4.69, 9.17) is 4.74 Å². The van der Waals surface area contributed by atoms with Crippen molar-refractivity contribution in [2.75, 3.05) is 19.8 Å². The summed E-state index contributed by atoms with van der Waals surface area (Å²) in [5, 5.41) is 3.72. The fraction of sp³-hybridized carbons (Fsp3) is 1.00. The second-order valence-electron chi connectivity index (χ2n) is 6.31. The molecule has 0 heterocycles. The summed E-state index contributed by atoms with van der Waals surface area (Å²) in [4.78, 5) is 0. The highest BCUT2D eigenvalue weighted by atomic mass is 16.5. The molecular weight excluding hydrogens is 198 g/mol. The van der Waals surface area contributed by atoms with E-state index in [-0.39, 0.29) is 0 Å². The molecule has 0 amide bonds. The van der Waals surface area contributed by atoms with Crippen LogP contribution in [0.5, 0.6) is 0 Å². The quantitative estimate of drug-likeness (QED) is 0.726. The minimum atomic E-state index is 0.504. The Balaban J connectivity index is 1.89. The van der Waals surface area contributed by atoms with E-state index in [1.807, 2.05) is 0 Å². The molecule has 16 heavy (non-hydrogen) atoms. The summed E-state index contributed by atoms with van der Waals surface area (Å²) in [5.74, 6) is 0.932. The Morgan fingerprint density at radius 2 is 2.06 bits per heavy atom. The van der Waals surface area contributed by atoms with E-state index < -0.39 is 0 Å². The van der Waals surface area contributed by atoms with Gasteiger partial charge in [0.1, 0.15) is 0 Å². The first-order valence-corrected chi connectivity index (χ1v) is 6.83. The summed E-state index contributed by atoms with van der Waals surface area (Å²) in [6, 6.07) is 0.710. The van der Waals surface area contributed by atoms with Gasteiger partial charge in [-0.2, -0.15) is 0 Å². The Morgan fingerprint density at radius 1 is 1.31 bits per heavy atom. The lowest BCUT2D eigenvalue weighted by Gasteiger charge is -2.39. The van der Waals surface area contributed by atoms with Gasteiger partial charge in [0.2, 0.25) is 0 Å². The van der Waals surface area contributed by atoms with Crippen molar-refractivity contribution in [2.24, 2.45) is 16.7 Å². The van der Waals surface area contributed by atoms with Crippen molar-refractivity contribution in [2.45, 2.75) is 53.0 Å². The summed E-state index contributed by atoms with van der Waals surface area (Å²) in [7, 11) is 0. The molecule has 3 atom stereocenters. The first-order chi connectivity index (χ1) is 7.52. The Kier molecular flexibility index (Phi) is 3.33. The second kappa shape index (κ2) is 4.30. The van der Waals surface area contributed by atoms with Gasteiger partial charge in [0.15, 0.2) is 0 Å². The minimum absolute atomic E-state index is 0.504. The molecule has 2 bridgehead atoms. The molecule has 2 aliphatic carbocycles. The Hall–Kier alpha value is -0.0800. The van der Waals surface area contributed by atoms with Gasteiger partial charge in [0, 0.05) is 19.2 Å². The number of ether oxygens (including phenoxy) is 1. The van der Waals surface area contributed by atoms with E-state index in [0.29, 0.717) is 16.9 Å². The van der Waals surface area contributed by atoms with Crippen molar-refractivity contribution in [3.63, 3.8) is 0 Å². The zero-order valence-corrected chi connectivity index (χ0v) is 11.3. The van der Waals surface area contributed by atoms with Crippen LogP contribution in [0.2, 0.25) is 0 Å². The topological polar surface area (TPSA) is 21.3 Å². The zero-order chi connectivity index (χ0) is 11.8. The lowest BCUT2D eigenvalue weighted by atomic mass is 9.69. The summed E-state index contributed by atoms with van der Waals surface area (Å²) in [6.07, 6.45) is 4.21. The molecule has 94 valence electrons. The fourth-order valence-corrected chi connectivity index (χ4v) is 3.96. The lowest BCUT2D eigenvalue weighted by Crippen LogP contribution is -2.45. The van der Waals surface area contributed by atoms with Gasteiger partial charge in [-0.25, -0.2) is 0 Å². The highest BCUT2D eigenvalue weighted by Gasteiger charge is 2.60. The monoisotopic (exact) mass is 225 g/mol.